The highest BCUT2D eigenvalue weighted by atomic mass is 14.9. The third-order valence-electron chi connectivity index (χ3n) is 20.5. The van der Waals surface area contributed by atoms with E-state index in [1.165, 1.54) is 158 Å². The molecule has 3 saturated carbocycles. The fourth-order valence-electron chi connectivity index (χ4n) is 15.8. The standard InChI is InChI=1S/C25H28N.C24H26N.C23H24N/c1-15-7-6-8-23-19(15)9-10-24(26(23)5)20-14-21-17(11-16(20)2)12-18-13-22(21)25(18,3)4;1-15-5-4-6-23-19(15)11-12-24(25(23)3)20-14-22-18-9-7-17(8-10-18)21(22)13-16(20)2;1-14-4-7-20-17(10-14)8-9-24(3)23(20)21-15(2)5-6-18-11-16-12-19(13-16)22(18)21/h6-11,14,18,22H,12-13H2,1-5H3;4-6,11-14,17-18H,7-10H2,1-3H3;4-10,16,19H,11-13H2,1-3H3/q3*+1. The van der Waals surface area contributed by atoms with E-state index in [9.17, 15) is 0 Å². The first-order valence-electron chi connectivity index (χ1n) is 28.7. The molecule has 0 N–H and O–H groups in total. The number of benzene rings is 6. The highest BCUT2D eigenvalue weighted by molar-refractivity contribution is 5.95. The van der Waals surface area contributed by atoms with Gasteiger partial charge in [-0.1, -0.05) is 80.1 Å². The maximum Gasteiger partial charge on any atom is 0.220 e. The van der Waals surface area contributed by atoms with Gasteiger partial charge in [0.15, 0.2) is 6.20 Å². The molecule has 0 spiro atoms. The average Bonchev–Trinajstić information content (AvgIpc) is 3.43. The molecule has 9 aliphatic rings. The zero-order chi connectivity index (χ0) is 51.8. The smallest absolute Gasteiger partial charge is 0.200 e. The zero-order valence-electron chi connectivity index (χ0n) is 46.8. The fraction of sp³-hybridized carbons (Fsp3) is 0.375. The topological polar surface area (TPSA) is 11.6 Å². The molecule has 75 heavy (non-hydrogen) atoms. The Labute approximate surface area is 447 Å². The molecule has 9 aromatic rings. The van der Waals surface area contributed by atoms with Crippen LogP contribution in [0.1, 0.15) is 149 Å². The van der Waals surface area contributed by atoms with Crippen LogP contribution in [0.5, 0.6) is 0 Å². The van der Waals surface area contributed by atoms with Crippen molar-refractivity contribution >= 4 is 32.6 Å². The van der Waals surface area contributed by atoms with E-state index in [1.807, 2.05) is 0 Å². The van der Waals surface area contributed by atoms with E-state index in [-0.39, 0.29) is 0 Å². The van der Waals surface area contributed by atoms with Crippen LogP contribution in [0.4, 0.5) is 0 Å². The van der Waals surface area contributed by atoms with Gasteiger partial charge in [0.2, 0.25) is 28.1 Å². The largest absolute Gasteiger partial charge is 0.220 e. The van der Waals surface area contributed by atoms with Gasteiger partial charge in [-0.15, -0.1) is 0 Å². The molecule has 378 valence electrons. The molecule has 3 heteroatoms. The lowest BCUT2D eigenvalue weighted by Crippen LogP contribution is -2.48. The van der Waals surface area contributed by atoms with Crippen molar-refractivity contribution in [1.29, 1.82) is 0 Å². The average molecular weight is 985 g/mol. The molecule has 3 nitrogen and oxygen atoms in total. The Bertz CT molecular complexity index is 3820. The molecule has 2 atom stereocenters. The van der Waals surface area contributed by atoms with Crippen molar-refractivity contribution in [3.05, 3.63) is 194 Å². The van der Waals surface area contributed by atoms with Gasteiger partial charge in [0.05, 0.1) is 10.9 Å². The van der Waals surface area contributed by atoms with Gasteiger partial charge >= 0.3 is 0 Å². The lowest BCUT2D eigenvalue weighted by atomic mass is 9.47. The van der Waals surface area contributed by atoms with Crippen molar-refractivity contribution in [2.24, 2.45) is 38.4 Å². The minimum absolute atomic E-state index is 0.474. The van der Waals surface area contributed by atoms with Gasteiger partial charge in [-0.05, 0) is 237 Å². The molecule has 0 amide bonds. The summed E-state index contributed by atoms with van der Waals surface area (Å²) in [5.74, 6) is 4.97. The quantitative estimate of drug-likeness (QED) is 0.156. The molecule has 3 heterocycles. The normalized spacial score (nSPS) is 22.0. The minimum atomic E-state index is 0.474. The molecule has 9 aliphatic carbocycles. The van der Waals surface area contributed by atoms with Crippen LogP contribution in [-0.2, 0) is 34.0 Å². The number of aromatic nitrogens is 3. The summed E-state index contributed by atoms with van der Waals surface area (Å²) in [4.78, 5) is 0. The molecular formula is C72H78N3+3. The van der Waals surface area contributed by atoms with Crippen LogP contribution in [0.25, 0.3) is 66.4 Å². The van der Waals surface area contributed by atoms with E-state index in [0.29, 0.717) is 5.41 Å². The van der Waals surface area contributed by atoms with Gasteiger partial charge < -0.3 is 0 Å². The third kappa shape index (κ3) is 7.83. The second kappa shape index (κ2) is 18.1. The number of hydrogen-bond donors (Lipinski definition) is 0. The first-order chi connectivity index (χ1) is 36.1. The summed E-state index contributed by atoms with van der Waals surface area (Å²) in [6, 6.07) is 46.3. The molecule has 2 unspecified atom stereocenters. The highest BCUT2D eigenvalue weighted by Gasteiger charge is 2.52. The van der Waals surface area contributed by atoms with E-state index in [0.717, 1.165) is 35.5 Å². The summed E-state index contributed by atoms with van der Waals surface area (Å²) in [5, 5.41) is 5.42. The molecule has 0 saturated heterocycles. The number of rotatable bonds is 3. The Morgan fingerprint density at radius 2 is 1.07 bits per heavy atom. The first kappa shape index (κ1) is 48.2. The van der Waals surface area contributed by atoms with Crippen molar-refractivity contribution in [3.8, 4) is 33.8 Å². The number of nitrogens with zero attached hydrogens (tertiary/aromatic N) is 3. The molecule has 6 bridgehead atoms. The number of pyridine rings is 3. The molecule has 3 fully saturated rings. The summed E-state index contributed by atoms with van der Waals surface area (Å²) in [5.41, 5.74) is 29.5. The second-order valence-corrected chi connectivity index (χ2v) is 25.2. The van der Waals surface area contributed by atoms with Gasteiger partial charge in [-0.3, -0.25) is 0 Å². The Morgan fingerprint density at radius 1 is 0.480 bits per heavy atom. The fourth-order valence-corrected chi connectivity index (χ4v) is 15.8. The van der Waals surface area contributed by atoms with E-state index in [1.54, 1.807) is 33.4 Å². The second-order valence-electron chi connectivity index (χ2n) is 25.2. The van der Waals surface area contributed by atoms with Gasteiger partial charge in [0, 0.05) is 52.2 Å². The maximum absolute atomic E-state index is 2.53. The molecule has 6 aromatic carbocycles. The van der Waals surface area contributed by atoms with Crippen LogP contribution >= 0.6 is 0 Å². The summed E-state index contributed by atoms with van der Waals surface area (Å²) in [7, 11) is 6.61. The highest BCUT2D eigenvalue weighted by Crippen LogP contribution is 2.62. The van der Waals surface area contributed by atoms with Crippen molar-refractivity contribution in [1.82, 2.24) is 0 Å². The van der Waals surface area contributed by atoms with Gasteiger partial charge in [0.1, 0.15) is 21.1 Å². The minimum Gasteiger partial charge on any atom is -0.200 e. The first-order valence-corrected chi connectivity index (χ1v) is 28.7. The van der Waals surface area contributed by atoms with Crippen molar-refractivity contribution in [2.45, 2.75) is 137 Å². The van der Waals surface area contributed by atoms with E-state index < -0.39 is 0 Å². The van der Waals surface area contributed by atoms with Crippen LogP contribution in [0.2, 0.25) is 0 Å². The van der Waals surface area contributed by atoms with E-state index in [4.69, 9.17) is 0 Å². The molecule has 3 aromatic heterocycles. The lowest BCUT2D eigenvalue weighted by Gasteiger charge is -2.57. The van der Waals surface area contributed by atoms with Gasteiger partial charge in [-0.25, -0.2) is 4.57 Å². The number of aryl methyl sites for hydroxylation is 9. The molecular weight excluding hydrogens is 907 g/mol. The van der Waals surface area contributed by atoms with Crippen molar-refractivity contribution < 1.29 is 13.7 Å². The molecule has 0 radical (unpaired) electrons. The van der Waals surface area contributed by atoms with E-state index >= 15 is 0 Å². The van der Waals surface area contributed by atoms with Gasteiger partial charge in [0.25, 0.3) is 0 Å². The lowest BCUT2D eigenvalue weighted by molar-refractivity contribution is -0.659. The Balaban J connectivity index is 0.000000108. The monoisotopic (exact) mass is 985 g/mol. The summed E-state index contributed by atoms with van der Waals surface area (Å²) in [6.07, 6.45) is 14.5. The van der Waals surface area contributed by atoms with Crippen LogP contribution < -0.4 is 13.7 Å². The SMILES string of the molecule is Cc1cc2c(cc1-c1ccc3c(C)cccc3[n+]1C)C1CC(C2)C1(C)C.Cc1cc2c(cc1-c1ccc3c(C)cccc3[n+]1C)C1CCC2CC1.Cc1ccc2c(-c3c(C)ccc4c3C3CC(C4)C3)[n+](C)ccc2c1. The maximum atomic E-state index is 2.53. The molecule has 18 rings (SSSR count). The van der Waals surface area contributed by atoms with Crippen molar-refractivity contribution in [2.75, 3.05) is 0 Å². The summed E-state index contributed by atoms with van der Waals surface area (Å²) in [6.45, 7) is 18.4. The Hall–Kier alpha value is -6.45. The number of hydrogen-bond acceptors (Lipinski definition) is 0. The van der Waals surface area contributed by atoms with Crippen LogP contribution in [-0.4, -0.2) is 0 Å². The third-order valence-corrected chi connectivity index (χ3v) is 20.5. The summed E-state index contributed by atoms with van der Waals surface area (Å²) >= 11 is 0. The van der Waals surface area contributed by atoms with Crippen LogP contribution in [0.3, 0.4) is 0 Å². The number of fused-ring (bicyclic) bond motifs is 5. The van der Waals surface area contributed by atoms with Gasteiger partial charge in [-0.2, -0.15) is 9.13 Å². The van der Waals surface area contributed by atoms with Crippen LogP contribution in [0, 0.1) is 58.8 Å². The Kier molecular flexibility index (Phi) is 11.6. The van der Waals surface area contributed by atoms with E-state index in [2.05, 4.69) is 218 Å². The van der Waals surface area contributed by atoms with Crippen LogP contribution in [0.15, 0.2) is 128 Å². The summed E-state index contributed by atoms with van der Waals surface area (Å²) < 4.78 is 7.07. The zero-order valence-corrected chi connectivity index (χ0v) is 46.8. The predicted octanol–water partition coefficient (Wildman–Crippen LogP) is 16.3. The van der Waals surface area contributed by atoms with Crippen molar-refractivity contribution in [3.63, 3.8) is 0 Å². The predicted molar refractivity (Wildman–Crippen MR) is 312 cm³/mol. The Morgan fingerprint density at radius 3 is 1.69 bits per heavy atom. The molecule has 0 aliphatic heterocycles.